The van der Waals surface area contributed by atoms with Crippen molar-refractivity contribution in [3.8, 4) is 0 Å². The molecule has 0 spiro atoms. The molecule has 1 aliphatic rings. The second kappa shape index (κ2) is 6.64. The number of ether oxygens (including phenoxy) is 1. The molecule has 1 aromatic rings. The average Bonchev–Trinajstić information content (AvgIpc) is 2.43. The van der Waals surface area contributed by atoms with Crippen LogP contribution in [0.15, 0.2) is 12.1 Å². The molecule has 1 aliphatic heterocycles. The predicted molar refractivity (Wildman–Crippen MR) is 89.5 cm³/mol. The highest BCUT2D eigenvalue weighted by Crippen LogP contribution is 2.27. The summed E-state index contributed by atoms with van der Waals surface area (Å²) >= 11 is 0. The number of nitrogen functional groups attached to an aromatic ring is 2. The summed E-state index contributed by atoms with van der Waals surface area (Å²) in [6, 6.07) is 3.19. The maximum absolute atomic E-state index is 13.6. The summed E-state index contributed by atoms with van der Waals surface area (Å²) in [6.45, 7) is 6.89. The molecule has 0 radical (unpaired) electrons. The molecule has 1 aromatic carbocycles. The fourth-order valence-corrected chi connectivity index (χ4v) is 2.79. The lowest BCUT2D eigenvalue weighted by molar-refractivity contribution is 0.0184. The van der Waals surface area contributed by atoms with Crippen molar-refractivity contribution in [3.05, 3.63) is 23.5 Å². The van der Waals surface area contributed by atoms with Crippen LogP contribution in [-0.2, 0) is 11.2 Å². The van der Waals surface area contributed by atoms with Gasteiger partial charge in [-0.3, -0.25) is 0 Å². The molecule has 2 rings (SSSR count). The normalized spacial score (nSPS) is 16.4. The van der Waals surface area contributed by atoms with Gasteiger partial charge in [0.1, 0.15) is 11.4 Å². The predicted octanol–water partition coefficient (Wildman–Crippen LogP) is 3.18. The van der Waals surface area contributed by atoms with Crippen LogP contribution < -0.4 is 11.5 Å². The summed E-state index contributed by atoms with van der Waals surface area (Å²) in [4.78, 5) is 13.8. The van der Waals surface area contributed by atoms with E-state index in [4.69, 9.17) is 16.2 Å². The Hall–Kier alpha value is -1.98. The minimum Gasteiger partial charge on any atom is -0.444 e. The molecule has 0 atom stereocenters. The van der Waals surface area contributed by atoms with Gasteiger partial charge in [0.25, 0.3) is 0 Å². The highest BCUT2D eigenvalue weighted by Gasteiger charge is 2.27. The summed E-state index contributed by atoms with van der Waals surface area (Å²) in [6.07, 6.45) is 2.21. The van der Waals surface area contributed by atoms with Gasteiger partial charge in [-0.05, 0) is 63.6 Å². The Morgan fingerprint density at radius 3 is 2.43 bits per heavy atom. The molecule has 0 bridgehead atoms. The third-order valence-corrected chi connectivity index (χ3v) is 4.01. The number of rotatable bonds is 2. The minimum atomic E-state index is -0.479. The van der Waals surface area contributed by atoms with E-state index < -0.39 is 11.4 Å². The number of hydrogen-bond donors (Lipinski definition) is 2. The first kappa shape index (κ1) is 17.4. The zero-order chi connectivity index (χ0) is 17.2. The lowest BCUT2D eigenvalue weighted by Crippen LogP contribution is -2.42. The Labute approximate surface area is 136 Å². The third kappa shape index (κ3) is 4.74. The molecule has 0 aromatic heterocycles. The van der Waals surface area contributed by atoms with E-state index in [0.29, 0.717) is 19.0 Å². The van der Waals surface area contributed by atoms with Crippen LogP contribution in [0.2, 0.25) is 0 Å². The fourth-order valence-electron chi connectivity index (χ4n) is 2.79. The number of likely N-dealkylation sites (tertiary alicyclic amines) is 1. The topological polar surface area (TPSA) is 81.6 Å². The Kier molecular flexibility index (Phi) is 5.02. The van der Waals surface area contributed by atoms with Gasteiger partial charge in [0.15, 0.2) is 0 Å². The summed E-state index contributed by atoms with van der Waals surface area (Å²) in [5.74, 6) is -0.0673. The van der Waals surface area contributed by atoms with Crippen molar-refractivity contribution in [1.29, 1.82) is 0 Å². The molecule has 1 amide bonds. The van der Waals surface area contributed by atoms with Gasteiger partial charge in [0.2, 0.25) is 0 Å². The SMILES string of the molecule is CC(C)(C)OC(=O)N1CCC(Cc2cc(N)c(N)c(F)c2)CC1. The van der Waals surface area contributed by atoms with Crippen LogP contribution in [-0.4, -0.2) is 29.7 Å². The van der Waals surface area contributed by atoms with E-state index >= 15 is 0 Å². The molecular formula is C17H26FN3O2. The van der Waals surface area contributed by atoms with E-state index in [2.05, 4.69) is 0 Å². The van der Waals surface area contributed by atoms with E-state index in [9.17, 15) is 9.18 Å². The Morgan fingerprint density at radius 1 is 1.30 bits per heavy atom. The maximum atomic E-state index is 13.6. The van der Waals surface area contributed by atoms with Crippen molar-refractivity contribution in [2.75, 3.05) is 24.6 Å². The smallest absolute Gasteiger partial charge is 0.410 e. The quantitative estimate of drug-likeness (QED) is 0.819. The molecule has 1 fully saturated rings. The van der Waals surface area contributed by atoms with Gasteiger partial charge in [0.05, 0.1) is 11.4 Å². The molecule has 23 heavy (non-hydrogen) atoms. The number of halogens is 1. The third-order valence-electron chi connectivity index (χ3n) is 4.01. The summed E-state index contributed by atoms with van der Waals surface area (Å²) in [5, 5.41) is 0. The number of hydrogen-bond acceptors (Lipinski definition) is 4. The molecule has 1 saturated heterocycles. The summed E-state index contributed by atoms with van der Waals surface area (Å²) < 4.78 is 19.0. The second-order valence-corrected chi connectivity index (χ2v) is 7.20. The second-order valence-electron chi connectivity index (χ2n) is 7.20. The molecule has 4 N–H and O–H groups in total. The monoisotopic (exact) mass is 323 g/mol. The standard InChI is InChI=1S/C17H26FN3O2/c1-17(2,3)23-16(22)21-6-4-11(5-7-21)8-12-9-13(18)15(20)14(19)10-12/h9-11H,4-8,19-20H2,1-3H3. The van der Waals surface area contributed by atoms with Crippen LogP contribution in [0.4, 0.5) is 20.6 Å². The number of amides is 1. The summed E-state index contributed by atoms with van der Waals surface area (Å²) in [7, 11) is 0. The van der Waals surface area contributed by atoms with Gasteiger partial charge >= 0.3 is 6.09 Å². The highest BCUT2D eigenvalue weighted by molar-refractivity contribution is 5.68. The molecule has 128 valence electrons. The number of piperidine rings is 1. The zero-order valence-electron chi connectivity index (χ0n) is 14.1. The van der Waals surface area contributed by atoms with E-state index in [1.54, 1.807) is 11.0 Å². The van der Waals surface area contributed by atoms with Gasteiger partial charge in [-0.1, -0.05) is 0 Å². The van der Waals surface area contributed by atoms with Crippen molar-refractivity contribution in [1.82, 2.24) is 4.90 Å². The number of anilines is 2. The summed E-state index contributed by atoms with van der Waals surface area (Å²) in [5.41, 5.74) is 11.9. The first-order valence-corrected chi connectivity index (χ1v) is 7.97. The molecule has 0 aliphatic carbocycles. The van der Waals surface area contributed by atoms with Crippen LogP contribution in [0.5, 0.6) is 0 Å². The van der Waals surface area contributed by atoms with Gasteiger partial charge in [0, 0.05) is 13.1 Å². The van der Waals surface area contributed by atoms with Gasteiger partial charge in [-0.2, -0.15) is 0 Å². The Balaban J connectivity index is 1.89. The number of benzene rings is 1. The number of nitrogens with zero attached hydrogens (tertiary/aromatic N) is 1. The fraction of sp³-hybridized carbons (Fsp3) is 0.588. The van der Waals surface area contributed by atoms with Crippen LogP contribution in [0, 0.1) is 11.7 Å². The lowest BCUT2D eigenvalue weighted by Gasteiger charge is -2.33. The molecule has 0 unspecified atom stereocenters. The minimum absolute atomic E-state index is 0.00787. The molecule has 0 saturated carbocycles. The van der Waals surface area contributed by atoms with E-state index in [1.807, 2.05) is 20.8 Å². The van der Waals surface area contributed by atoms with Gasteiger partial charge < -0.3 is 21.1 Å². The van der Waals surface area contributed by atoms with Gasteiger partial charge in [-0.15, -0.1) is 0 Å². The van der Waals surface area contributed by atoms with Crippen molar-refractivity contribution in [3.63, 3.8) is 0 Å². The van der Waals surface area contributed by atoms with Crippen LogP contribution in [0.1, 0.15) is 39.2 Å². The number of carbonyl (C=O) groups is 1. The average molecular weight is 323 g/mol. The maximum Gasteiger partial charge on any atom is 0.410 e. The first-order chi connectivity index (χ1) is 10.7. The van der Waals surface area contributed by atoms with Crippen LogP contribution in [0.3, 0.4) is 0 Å². The van der Waals surface area contributed by atoms with Crippen LogP contribution in [0.25, 0.3) is 0 Å². The molecule has 6 heteroatoms. The van der Waals surface area contributed by atoms with E-state index in [1.165, 1.54) is 6.07 Å². The van der Waals surface area contributed by atoms with Crippen molar-refractivity contribution >= 4 is 17.5 Å². The Bertz CT molecular complexity index is 553. The number of carbonyl (C=O) groups excluding carboxylic acids is 1. The molecule has 5 nitrogen and oxygen atoms in total. The highest BCUT2D eigenvalue weighted by atomic mass is 19.1. The van der Waals surface area contributed by atoms with Crippen molar-refractivity contribution in [2.45, 2.75) is 45.6 Å². The Morgan fingerprint density at radius 2 is 1.91 bits per heavy atom. The number of nitrogens with two attached hydrogens (primary N) is 2. The molecule has 1 heterocycles. The van der Waals surface area contributed by atoms with Crippen molar-refractivity contribution < 1.29 is 13.9 Å². The first-order valence-electron chi connectivity index (χ1n) is 7.97. The lowest BCUT2D eigenvalue weighted by atomic mass is 9.90. The zero-order valence-corrected chi connectivity index (χ0v) is 14.1. The molecular weight excluding hydrogens is 297 g/mol. The van der Waals surface area contributed by atoms with Crippen molar-refractivity contribution in [2.24, 2.45) is 5.92 Å². The van der Waals surface area contributed by atoms with E-state index in [0.717, 1.165) is 24.8 Å². The van der Waals surface area contributed by atoms with Crippen LogP contribution >= 0.6 is 0 Å². The largest absolute Gasteiger partial charge is 0.444 e. The van der Waals surface area contributed by atoms with E-state index in [-0.39, 0.29) is 17.5 Å². The van der Waals surface area contributed by atoms with Gasteiger partial charge in [-0.25, -0.2) is 9.18 Å².